The predicted octanol–water partition coefficient (Wildman–Crippen LogP) is 2.52. The minimum Gasteiger partial charge on any atom is -0.350 e. The first-order valence-corrected chi connectivity index (χ1v) is 7.70. The Labute approximate surface area is 106 Å². The molecule has 0 bridgehead atoms. The van der Waals surface area contributed by atoms with Gasteiger partial charge in [0.05, 0.1) is 5.69 Å². The summed E-state index contributed by atoms with van der Waals surface area (Å²) < 4.78 is 0. The maximum Gasteiger partial charge on any atom is 0.185 e. The number of rotatable bonds is 6. The first-order valence-electron chi connectivity index (χ1n) is 5.49. The number of anilines is 1. The lowest BCUT2D eigenvalue weighted by Crippen LogP contribution is -2.19. The lowest BCUT2D eigenvalue weighted by molar-refractivity contribution is 0.807. The number of thiazole rings is 1. The lowest BCUT2D eigenvalue weighted by atomic mass is 10.1. The van der Waals surface area contributed by atoms with Gasteiger partial charge in [-0.1, -0.05) is 13.8 Å². The summed E-state index contributed by atoms with van der Waals surface area (Å²) in [5.41, 5.74) is 6.92. The molecule has 0 amide bonds. The summed E-state index contributed by atoms with van der Waals surface area (Å²) >= 11 is 3.59. The van der Waals surface area contributed by atoms with Gasteiger partial charge in [0.1, 0.15) is 0 Å². The van der Waals surface area contributed by atoms with Gasteiger partial charge in [-0.3, -0.25) is 0 Å². The minimum absolute atomic E-state index is 0.456. The van der Waals surface area contributed by atoms with Gasteiger partial charge in [-0.25, -0.2) is 4.98 Å². The number of nitrogens with zero attached hydrogens (tertiary/aromatic N) is 2. The van der Waals surface area contributed by atoms with Crippen LogP contribution in [0.15, 0.2) is 0 Å². The van der Waals surface area contributed by atoms with Crippen LogP contribution in [0.25, 0.3) is 0 Å². The van der Waals surface area contributed by atoms with Crippen LogP contribution in [0.1, 0.15) is 30.3 Å². The van der Waals surface area contributed by atoms with E-state index in [1.54, 1.807) is 11.3 Å². The summed E-state index contributed by atoms with van der Waals surface area (Å²) in [4.78, 5) is 8.13. The molecular weight excluding hydrogens is 238 g/mol. The van der Waals surface area contributed by atoms with Crippen LogP contribution in [0.5, 0.6) is 0 Å². The summed E-state index contributed by atoms with van der Waals surface area (Å²) in [6.07, 6.45) is 2.13. The molecule has 0 aliphatic rings. The Bertz CT molecular complexity index is 323. The van der Waals surface area contributed by atoms with Crippen LogP contribution in [-0.4, -0.2) is 30.6 Å². The molecular formula is C11H21N3S2. The fraction of sp³-hybridized carbons (Fsp3) is 0.727. The summed E-state index contributed by atoms with van der Waals surface area (Å²) in [7, 11) is 2.10. The molecule has 1 aromatic heterocycles. The molecule has 0 aromatic carbocycles. The van der Waals surface area contributed by atoms with Gasteiger partial charge in [-0.2, -0.15) is 11.8 Å². The number of nitrogens with two attached hydrogens (primary N) is 1. The first kappa shape index (κ1) is 13.8. The van der Waals surface area contributed by atoms with Crippen LogP contribution in [0.4, 0.5) is 5.13 Å². The standard InChI is InChI=1S/C11H21N3S2/c1-8(2)10-9(7-12)16-11(13-10)14(3)5-6-15-4/h8H,5-7,12H2,1-4H3. The van der Waals surface area contributed by atoms with Crippen LogP contribution in [0, 0.1) is 0 Å². The zero-order valence-corrected chi connectivity index (χ0v) is 12.1. The summed E-state index contributed by atoms with van der Waals surface area (Å²) in [6, 6.07) is 0. The highest BCUT2D eigenvalue weighted by molar-refractivity contribution is 7.98. The zero-order valence-electron chi connectivity index (χ0n) is 10.5. The molecule has 0 fully saturated rings. The van der Waals surface area contributed by atoms with E-state index in [0.29, 0.717) is 12.5 Å². The van der Waals surface area contributed by atoms with E-state index in [9.17, 15) is 0 Å². The van der Waals surface area contributed by atoms with Gasteiger partial charge < -0.3 is 10.6 Å². The Morgan fingerprint density at radius 3 is 2.62 bits per heavy atom. The second-order valence-electron chi connectivity index (χ2n) is 4.08. The normalized spacial score (nSPS) is 11.1. The Hall–Kier alpha value is -0.260. The molecule has 1 heterocycles. The third-order valence-corrected chi connectivity index (χ3v) is 4.20. The van der Waals surface area contributed by atoms with Crippen molar-refractivity contribution in [3.63, 3.8) is 0 Å². The summed E-state index contributed by atoms with van der Waals surface area (Å²) in [5, 5.41) is 1.10. The topological polar surface area (TPSA) is 42.2 Å². The van der Waals surface area contributed by atoms with Gasteiger partial charge in [0.2, 0.25) is 0 Å². The predicted molar refractivity (Wildman–Crippen MR) is 75.7 cm³/mol. The molecule has 3 nitrogen and oxygen atoms in total. The third kappa shape index (κ3) is 3.37. The molecule has 1 aromatic rings. The zero-order chi connectivity index (χ0) is 12.1. The molecule has 0 radical (unpaired) electrons. The van der Waals surface area contributed by atoms with E-state index in [2.05, 4.69) is 37.0 Å². The average Bonchev–Trinajstić information content (AvgIpc) is 2.69. The van der Waals surface area contributed by atoms with E-state index in [0.717, 1.165) is 17.4 Å². The maximum absolute atomic E-state index is 5.75. The number of hydrogen-bond acceptors (Lipinski definition) is 5. The van der Waals surface area contributed by atoms with E-state index in [-0.39, 0.29) is 0 Å². The highest BCUT2D eigenvalue weighted by atomic mass is 32.2. The van der Waals surface area contributed by atoms with Crippen LogP contribution in [-0.2, 0) is 6.54 Å². The lowest BCUT2D eigenvalue weighted by Gasteiger charge is -2.14. The maximum atomic E-state index is 5.75. The Morgan fingerprint density at radius 2 is 2.19 bits per heavy atom. The monoisotopic (exact) mass is 259 g/mol. The van der Waals surface area contributed by atoms with Crippen LogP contribution >= 0.6 is 23.1 Å². The molecule has 92 valence electrons. The quantitative estimate of drug-likeness (QED) is 0.852. The highest BCUT2D eigenvalue weighted by Crippen LogP contribution is 2.29. The van der Waals surface area contributed by atoms with Crippen molar-refractivity contribution in [1.29, 1.82) is 0 Å². The number of hydrogen-bond donors (Lipinski definition) is 1. The molecule has 2 N–H and O–H groups in total. The van der Waals surface area contributed by atoms with Crippen LogP contribution < -0.4 is 10.6 Å². The van der Waals surface area contributed by atoms with Crippen molar-refractivity contribution < 1.29 is 0 Å². The van der Waals surface area contributed by atoms with Crippen molar-refractivity contribution in [2.45, 2.75) is 26.3 Å². The van der Waals surface area contributed by atoms with Crippen molar-refractivity contribution in [3.05, 3.63) is 10.6 Å². The molecule has 0 unspecified atom stereocenters. The van der Waals surface area contributed by atoms with E-state index in [4.69, 9.17) is 5.73 Å². The fourth-order valence-electron chi connectivity index (χ4n) is 1.44. The molecule has 0 atom stereocenters. The van der Waals surface area contributed by atoms with Crippen molar-refractivity contribution in [3.8, 4) is 0 Å². The van der Waals surface area contributed by atoms with Crippen molar-refractivity contribution in [2.24, 2.45) is 5.73 Å². The average molecular weight is 259 g/mol. The molecule has 5 heteroatoms. The van der Waals surface area contributed by atoms with E-state index >= 15 is 0 Å². The number of thioether (sulfide) groups is 1. The molecule has 16 heavy (non-hydrogen) atoms. The third-order valence-electron chi connectivity index (χ3n) is 2.41. The Kier molecular flexibility index (Phi) is 5.58. The van der Waals surface area contributed by atoms with E-state index in [1.165, 1.54) is 10.6 Å². The molecule has 1 rings (SSSR count). The van der Waals surface area contributed by atoms with E-state index < -0.39 is 0 Å². The first-order chi connectivity index (χ1) is 7.60. The summed E-state index contributed by atoms with van der Waals surface area (Å²) in [6.45, 7) is 5.97. The highest BCUT2D eigenvalue weighted by Gasteiger charge is 2.15. The van der Waals surface area contributed by atoms with Gasteiger partial charge in [-0.05, 0) is 12.2 Å². The van der Waals surface area contributed by atoms with Crippen molar-refractivity contribution >= 4 is 28.2 Å². The second-order valence-corrected chi connectivity index (χ2v) is 6.13. The van der Waals surface area contributed by atoms with Gasteiger partial charge in [0.15, 0.2) is 5.13 Å². The molecule has 0 aliphatic heterocycles. The van der Waals surface area contributed by atoms with Gasteiger partial charge >= 0.3 is 0 Å². The fourth-order valence-corrected chi connectivity index (χ4v) is 2.97. The SMILES string of the molecule is CSCCN(C)c1nc(C(C)C)c(CN)s1. The molecule has 0 saturated carbocycles. The molecule has 0 aliphatic carbocycles. The minimum atomic E-state index is 0.456. The molecule has 0 spiro atoms. The van der Waals surface area contributed by atoms with Gasteiger partial charge in [0.25, 0.3) is 0 Å². The van der Waals surface area contributed by atoms with Gasteiger partial charge in [0, 0.05) is 30.8 Å². The largest absolute Gasteiger partial charge is 0.350 e. The Balaban J connectivity index is 2.81. The smallest absolute Gasteiger partial charge is 0.185 e. The van der Waals surface area contributed by atoms with Crippen molar-refractivity contribution in [2.75, 3.05) is 30.5 Å². The summed E-state index contributed by atoms with van der Waals surface area (Å²) in [5.74, 6) is 1.59. The van der Waals surface area contributed by atoms with Crippen LogP contribution in [0.2, 0.25) is 0 Å². The molecule has 0 saturated heterocycles. The second kappa shape index (κ2) is 6.47. The van der Waals surface area contributed by atoms with Gasteiger partial charge in [-0.15, -0.1) is 11.3 Å². The number of aromatic nitrogens is 1. The van der Waals surface area contributed by atoms with Crippen molar-refractivity contribution in [1.82, 2.24) is 4.98 Å². The van der Waals surface area contributed by atoms with Crippen LogP contribution in [0.3, 0.4) is 0 Å². The van der Waals surface area contributed by atoms with E-state index in [1.807, 2.05) is 11.8 Å². The Morgan fingerprint density at radius 1 is 1.50 bits per heavy atom.